The van der Waals surface area contributed by atoms with Crippen molar-refractivity contribution in [1.29, 1.82) is 0 Å². The van der Waals surface area contributed by atoms with Crippen LogP contribution in [0.1, 0.15) is 12.2 Å². The number of nitrogens with one attached hydrogen (secondary N) is 1. The number of hydrogen-bond donors (Lipinski definition) is 1. The van der Waals surface area contributed by atoms with Crippen LogP contribution < -0.4 is 5.32 Å². The summed E-state index contributed by atoms with van der Waals surface area (Å²) in [6, 6.07) is 2.90. The summed E-state index contributed by atoms with van der Waals surface area (Å²) >= 11 is 0. The number of nitrogens with zero attached hydrogens (tertiary/aromatic N) is 1. The van der Waals surface area contributed by atoms with Gasteiger partial charge in [0.15, 0.2) is 0 Å². The number of nitro groups is 1. The third-order valence-electron chi connectivity index (χ3n) is 1.57. The number of rotatable bonds is 5. The standard InChI is InChI=1S/C9H10N2O3/c1-2-3-6-10-7-8-4-5-9(14-8)11(12)13/h1,4-5,10H,3,6-7H2. The summed E-state index contributed by atoms with van der Waals surface area (Å²) in [5, 5.41) is 13.3. The lowest BCUT2D eigenvalue weighted by Gasteiger charge is -1.97. The molecule has 1 rings (SSSR count). The van der Waals surface area contributed by atoms with Crippen molar-refractivity contribution < 1.29 is 9.34 Å². The molecule has 1 N–H and O–H groups in total. The van der Waals surface area contributed by atoms with Gasteiger partial charge in [-0.25, -0.2) is 0 Å². The number of terminal acetylenes is 1. The molecule has 5 nitrogen and oxygen atoms in total. The third-order valence-corrected chi connectivity index (χ3v) is 1.57. The monoisotopic (exact) mass is 194 g/mol. The minimum Gasteiger partial charge on any atom is -0.404 e. The van der Waals surface area contributed by atoms with E-state index in [0.717, 1.165) is 0 Å². The second-order valence-corrected chi connectivity index (χ2v) is 2.63. The SMILES string of the molecule is C#CCCNCc1ccc([N+](=O)[O-])o1. The highest BCUT2D eigenvalue weighted by atomic mass is 16.6. The van der Waals surface area contributed by atoms with Gasteiger partial charge in [-0.15, -0.1) is 12.3 Å². The van der Waals surface area contributed by atoms with Crippen LogP contribution in [-0.2, 0) is 6.54 Å². The van der Waals surface area contributed by atoms with Crippen molar-refractivity contribution in [2.24, 2.45) is 0 Å². The molecule has 5 heteroatoms. The van der Waals surface area contributed by atoms with E-state index in [9.17, 15) is 10.1 Å². The van der Waals surface area contributed by atoms with E-state index in [2.05, 4.69) is 11.2 Å². The molecule has 0 amide bonds. The Bertz CT molecular complexity index is 351. The van der Waals surface area contributed by atoms with E-state index in [1.807, 2.05) is 0 Å². The van der Waals surface area contributed by atoms with Crippen molar-refractivity contribution in [2.45, 2.75) is 13.0 Å². The van der Waals surface area contributed by atoms with Crippen LogP contribution in [-0.4, -0.2) is 11.5 Å². The molecule has 1 aromatic rings. The highest BCUT2D eigenvalue weighted by molar-refractivity contribution is 5.17. The zero-order valence-electron chi connectivity index (χ0n) is 7.53. The van der Waals surface area contributed by atoms with E-state index < -0.39 is 4.92 Å². The zero-order valence-corrected chi connectivity index (χ0v) is 7.53. The average Bonchev–Trinajstić information content (AvgIpc) is 2.61. The molecule has 0 aliphatic heterocycles. The summed E-state index contributed by atoms with van der Waals surface area (Å²) in [6.45, 7) is 1.13. The molecule has 0 radical (unpaired) electrons. The number of hydrogen-bond acceptors (Lipinski definition) is 4. The van der Waals surface area contributed by atoms with Crippen LogP contribution in [0, 0.1) is 22.5 Å². The largest absolute Gasteiger partial charge is 0.433 e. The Morgan fingerprint density at radius 3 is 3.00 bits per heavy atom. The zero-order chi connectivity index (χ0) is 10.4. The summed E-state index contributed by atoms with van der Waals surface area (Å²) in [7, 11) is 0. The molecular formula is C9H10N2O3. The lowest BCUT2D eigenvalue weighted by atomic mass is 10.4. The fourth-order valence-corrected chi connectivity index (χ4v) is 0.932. The summed E-state index contributed by atoms with van der Waals surface area (Å²) in [4.78, 5) is 9.69. The first-order chi connectivity index (χ1) is 6.74. The van der Waals surface area contributed by atoms with Crippen molar-refractivity contribution in [3.05, 3.63) is 28.0 Å². The van der Waals surface area contributed by atoms with Gasteiger partial charge in [-0.05, 0) is 6.07 Å². The predicted octanol–water partition coefficient (Wildman–Crippen LogP) is 1.30. The van der Waals surface area contributed by atoms with Gasteiger partial charge in [0.1, 0.15) is 10.7 Å². The lowest BCUT2D eigenvalue weighted by Crippen LogP contribution is -2.13. The molecule has 1 aromatic heterocycles. The molecule has 0 aliphatic rings. The summed E-state index contributed by atoms with van der Waals surface area (Å²) in [6.07, 6.45) is 5.68. The average molecular weight is 194 g/mol. The Hall–Kier alpha value is -1.80. The topological polar surface area (TPSA) is 68.3 Å². The molecular weight excluding hydrogens is 184 g/mol. The number of furan rings is 1. The van der Waals surface area contributed by atoms with E-state index in [0.29, 0.717) is 25.3 Å². The minimum atomic E-state index is -0.565. The lowest BCUT2D eigenvalue weighted by molar-refractivity contribution is -0.402. The van der Waals surface area contributed by atoms with Gasteiger partial charge in [0.2, 0.25) is 0 Å². The van der Waals surface area contributed by atoms with Gasteiger partial charge in [-0.3, -0.25) is 10.1 Å². The van der Waals surface area contributed by atoms with E-state index in [-0.39, 0.29) is 5.88 Å². The highest BCUT2D eigenvalue weighted by Crippen LogP contribution is 2.14. The summed E-state index contributed by atoms with van der Waals surface area (Å²) < 4.78 is 4.91. The predicted molar refractivity (Wildman–Crippen MR) is 50.5 cm³/mol. The van der Waals surface area contributed by atoms with E-state index in [1.165, 1.54) is 6.07 Å². The van der Waals surface area contributed by atoms with Crippen LogP contribution in [0.3, 0.4) is 0 Å². The molecule has 0 spiro atoms. The van der Waals surface area contributed by atoms with Crippen molar-refractivity contribution >= 4 is 5.88 Å². The molecule has 0 unspecified atom stereocenters. The van der Waals surface area contributed by atoms with Gasteiger partial charge in [-0.2, -0.15) is 0 Å². The minimum absolute atomic E-state index is 0.237. The smallest absolute Gasteiger partial charge is 0.404 e. The fraction of sp³-hybridized carbons (Fsp3) is 0.333. The Labute approximate surface area is 81.3 Å². The summed E-state index contributed by atoms with van der Waals surface area (Å²) in [5.74, 6) is 2.77. The maximum absolute atomic E-state index is 10.3. The Kier molecular flexibility index (Phi) is 3.70. The molecule has 1 heterocycles. The Morgan fingerprint density at radius 1 is 1.64 bits per heavy atom. The first-order valence-corrected chi connectivity index (χ1v) is 4.11. The fourth-order valence-electron chi connectivity index (χ4n) is 0.932. The van der Waals surface area contributed by atoms with Crippen molar-refractivity contribution in [3.63, 3.8) is 0 Å². The van der Waals surface area contributed by atoms with Crippen LogP contribution in [0.4, 0.5) is 5.88 Å². The van der Waals surface area contributed by atoms with Gasteiger partial charge < -0.3 is 9.73 Å². The van der Waals surface area contributed by atoms with E-state index in [4.69, 9.17) is 10.8 Å². The van der Waals surface area contributed by atoms with Crippen LogP contribution in [0.5, 0.6) is 0 Å². The van der Waals surface area contributed by atoms with E-state index >= 15 is 0 Å². The molecule has 0 fully saturated rings. The first kappa shape index (κ1) is 10.3. The molecule has 14 heavy (non-hydrogen) atoms. The highest BCUT2D eigenvalue weighted by Gasteiger charge is 2.10. The second-order valence-electron chi connectivity index (χ2n) is 2.63. The molecule has 0 saturated carbocycles. The van der Waals surface area contributed by atoms with Crippen LogP contribution in [0.25, 0.3) is 0 Å². The van der Waals surface area contributed by atoms with Crippen molar-refractivity contribution in [3.8, 4) is 12.3 Å². The summed E-state index contributed by atoms with van der Waals surface area (Å²) in [5.41, 5.74) is 0. The van der Waals surface area contributed by atoms with Gasteiger partial charge in [-0.1, -0.05) is 0 Å². The molecule has 0 saturated heterocycles. The van der Waals surface area contributed by atoms with E-state index in [1.54, 1.807) is 6.07 Å². The van der Waals surface area contributed by atoms with Crippen molar-refractivity contribution in [2.75, 3.05) is 6.54 Å². The Morgan fingerprint density at radius 2 is 2.43 bits per heavy atom. The second kappa shape index (κ2) is 5.04. The normalized spacial score (nSPS) is 9.64. The third kappa shape index (κ3) is 2.92. The van der Waals surface area contributed by atoms with Gasteiger partial charge in [0.05, 0.1) is 12.6 Å². The molecule has 74 valence electrons. The van der Waals surface area contributed by atoms with Crippen LogP contribution >= 0.6 is 0 Å². The Balaban J connectivity index is 2.37. The van der Waals surface area contributed by atoms with Crippen molar-refractivity contribution in [1.82, 2.24) is 5.32 Å². The molecule has 0 aromatic carbocycles. The molecule has 0 atom stereocenters. The van der Waals surface area contributed by atoms with Gasteiger partial charge in [0.25, 0.3) is 0 Å². The quantitative estimate of drug-likeness (QED) is 0.332. The molecule has 0 aliphatic carbocycles. The van der Waals surface area contributed by atoms with Gasteiger partial charge >= 0.3 is 5.88 Å². The first-order valence-electron chi connectivity index (χ1n) is 4.11. The maximum Gasteiger partial charge on any atom is 0.433 e. The van der Waals surface area contributed by atoms with Crippen LogP contribution in [0.15, 0.2) is 16.5 Å². The molecule has 0 bridgehead atoms. The van der Waals surface area contributed by atoms with Gasteiger partial charge in [0, 0.05) is 13.0 Å². The van der Waals surface area contributed by atoms with Crippen LogP contribution in [0.2, 0.25) is 0 Å². The maximum atomic E-state index is 10.3.